The molecule has 1 aromatic rings. The molecule has 1 N–H and O–H groups in total. The zero-order chi connectivity index (χ0) is 14.3. The Morgan fingerprint density at radius 1 is 1.37 bits per heavy atom. The Bertz CT molecular complexity index is 472. The van der Waals surface area contributed by atoms with Gasteiger partial charge in [0.25, 0.3) is 0 Å². The second-order valence-electron chi connectivity index (χ2n) is 6.99. The van der Waals surface area contributed by atoms with E-state index in [0.717, 1.165) is 24.8 Å². The van der Waals surface area contributed by atoms with E-state index in [2.05, 4.69) is 20.8 Å². The highest BCUT2D eigenvalue weighted by molar-refractivity contribution is 6.31. The zero-order valence-electron chi connectivity index (χ0n) is 11.8. The monoisotopic (exact) mass is 284 g/mol. The van der Waals surface area contributed by atoms with E-state index >= 15 is 0 Å². The van der Waals surface area contributed by atoms with Gasteiger partial charge in [0, 0.05) is 11.4 Å². The van der Waals surface area contributed by atoms with Gasteiger partial charge in [0.2, 0.25) is 0 Å². The van der Waals surface area contributed by atoms with E-state index in [1.54, 1.807) is 6.07 Å². The van der Waals surface area contributed by atoms with E-state index in [1.165, 1.54) is 12.1 Å². The van der Waals surface area contributed by atoms with E-state index in [-0.39, 0.29) is 11.2 Å². The van der Waals surface area contributed by atoms with Gasteiger partial charge < -0.3 is 5.11 Å². The fourth-order valence-electron chi connectivity index (χ4n) is 3.85. The maximum atomic E-state index is 13.1. The van der Waals surface area contributed by atoms with Crippen molar-refractivity contribution >= 4 is 11.6 Å². The smallest absolute Gasteiger partial charge is 0.124 e. The Labute approximate surface area is 119 Å². The number of hydrogen-bond donors (Lipinski definition) is 1. The summed E-state index contributed by atoms with van der Waals surface area (Å²) in [4.78, 5) is 0. The van der Waals surface area contributed by atoms with Gasteiger partial charge in [-0.05, 0) is 48.3 Å². The van der Waals surface area contributed by atoms with Crippen molar-refractivity contribution in [3.63, 3.8) is 0 Å². The first-order chi connectivity index (χ1) is 8.69. The summed E-state index contributed by atoms with van der Waals surface area (Å²) in [5.74, 6) is 0.158. The molecule has 0 heterocycles. The summed E-state index contributed by atoms with van der Waals surface area (Å²) in [6, 6.07) is 4.40. The van der Waals surface area contributed by atoms with Crippen molar-refractivity contribution in [2.24, 2.45) is 11.3 Å². The minimum absolute atomic E-state index is 0.138. The lowest BCUT2D eigenvalue weighted by Gasteiger charge is -2.45. The van der Waals surface area contributed by atoms with E-state index < -0.39 is 5.60 Å². The van der Waals surface area contributed by atoms with Crippen LogP contribution < -0.4 is 0 Å². The molecule has 0 radical (unpaired) electrons. The first-order valence-corrected chi connectivity index (χ1v) is 7.23. The average molecular weight is 285 g/mol. The lowest BCUT2D eigenvalue weighted by molar-refractivity contribution is -0.0574. The van der Waals surface area contributed by atoms with Gasteiger partial charge in [0.05, 0.1) is 5.60 Å². The van der Waals surface area contributed by atoms with Crippen LogP contribution in [0.3, 0.4) is 0 Å². The molecular weight excluding hydrogens is 263 g/mol. The van der Waals surface area contributed by atoms with E-state index in [0.29, 0.717) is 17.4 Å². The van der Waals surface area contributed by atoms with Crippen molar-refractivity contribution in [3.05, 3.63) is 34.6 Å². The lowest BCUT2D eigenvalue weighted by atomic mass is 9.64. The normalized spacial score (nSPS) is 30.3. The Morgan fingerprint density at radius 3 is 2.63 bits per heavy atom. The molecule has 19 heavy (non-hydrogen) atoms. The minimum atomic E-state index is -0.733. The van der Waals surface area contributed by atoms with Crippen molar-refractivity contribution in [1.29, 1.82) is 0 Å². The first kappa shape index (κ1) is 14.8. The molecule has 2 unspecified atom stereocenters. The summed E-state index contributed by atoms with van der Waals surface area (Å²) in [6.07, 6.45) is 3.18. The molecule has 1 aromatic carbocycles. The molecule has 1 saturated carbocycles. The first-order valence-electron chi connectivity index (χ1n) is 6.85. The molecule has 106 valence electrons. The second kappa shape index (κ2) is 5.06. The molecule has 2 atom stereocenters. The molecule has 1 fully saturated rings. The van der Waals surface area contributed by atoms with Gasteiger partial charge in [-0.15, -0.1) is 0 Å². The highest BCUT2D eigenvalue weighted by atomic mass is 35.5. The van der Waals surface area contributed by atoms with Gasteiger partial charge in [0.1, 0.15) is 5.82 Å². The highest BCUT2D eigenvalue weighted by Gasteiger charge is 2.41. The molecule has 1 nitrogen and oxygen atoms in total. The van der Waals surface area contributed by atoms with Crippen LogP contribution in [0.2, 0.25) is 5.02 Å². The Hall–Kier alpha value is -0.600. The quantitative estimate of drug-likeness (QED) is 0.841. The third-order valence-corrected chi connectivity index (χ3v) is 4.32. The SMILES string of the molecule is CC1CC(C)(C)CC(O)(Cc2ccc(F)cc2Cl)C1. The van der Waals surface area contributed by atoms with Crippen molar-refractivity contribution in [1.82, 2.24) is 0 Å². The van der Waals surface area contributed by atoms with Gasteiger partial charge in [0.15, 0.2) is 0 Å². The van der Waals surface area contributed by atoms with Crippen molar-refractivity contribution in [3.8, 4) is 0 Å². The van der Waals surface area contributed by atoms with Crippen molar-refractivity contribution in [2.45, 2.75) is 52.1 Å². The molecule has 3 heteroatoms. The number of halogens is 2. The van der Waals surface area contributed by atoms with Crippen LogP contribution in [-0.4, -0.2) is 10.7 Å². The molecule has 0 bridgehead atoms. The molecule has 0 spiro atoms. The topological polar surface area (TPSA) is 20.2 Å². The van der Waals surface area contributed by atoms with Gasteiger partial charge in [-0.2, -0.15) is 0 Å². The molecule has 0 saturated heterocycles. The van der Waals surface area contributed by atoms with Gasteiger partial charge in [-0.1, -0.05) is 38.4 Å². The van der Waals surface area contributed by atoms with Gasteiger partial charge in [-0.3, -0.25) is 0 Å². The lowest BCUT2D eigenvalue weighted by Crippen LogP contribution is -2.43. The Morgan fingerprint density at radius 2 is 2.05 bits per heavy atom. The largest absolute Gasteiger partial charge is 0.390 e. The van der Waals surface area contributed by atoms with Crippen LogP contribution in [0.15, 0.2) is 18.2 Å². The van der Waals surface area contributed by atoms with Crippen LogP contribution in [0.5, 0.6) is 0 Å². The van der Waals surface area contributed by atoms with E-state index in [9.17, 15) is 9.50 Å². The van der Waals surface area contributed by atoms with Crippen LogP contribution in [-0.2, 0) is 6.42 Å². The minimum Gasteiger partial charge on any atom is -0.390 e. The van der Waals surface area contributed by atoms with Crippen LogP contribution in [0.4, 0.5) is 4.39 Å². The molecule has 1 aliphatic carbocycles. The maximum absolute atomic E-state index is 13.1. The fourth-order valence-corrected chi connectivity index (χ4v) is 4.09. The molecule has 0 aliphatic heterocycles. The van der Waals surface area contributed by atoms with Crippen molar-refractivity contribution < 1.29 is 9.50 Å². The second-order valence-corrected chi connectivity index (χ2v) is 7.40. The van der Waals surface area contributed by atoms with Crippen LogP contribution in [0.1, 0.15) is 45.6 Å². The Balaban J connectivity index is 2.21. The zero-order valence-corrected chi connectivity index (χ0v) is 12.6. The van der Waals surface area contributed by atoms with Crippen LogP contribution in [0, 0.1) is 17.2 Å². The summed E-state index contributed by atoms with van der Waals surface area (Å²) in [6.45, 7) is 6.57. The van der Waals surface area contributed by atoms with Crippen LogP contribution in [0.25, 0.3) is 0 Å². The predicted molar refractivity (Wildman–Crippen MR) is 76.9 cm³/mol. The summed E-state index contributed by atoms with van der Waals surface area (Å²) < 4.78 is 13.1. The summed E-state index contributed by atoms with van der Waals surface area (Å²) >= 11 is 6.07. The summed E-state index contributed by atoms with van der Waals surface area (Å²) in [5.41, 5.74) is 0.233. The molecular formula is C16H22ClFO. The number of aliphatic hydroxyl groups is 1. The van der Waals surface area contributed by atoms with Gasteiger partial charge in [-0.25, -0.2) is 4.39 Å². The molecule has 2 rings (SSSR count). The average Bonchev–Trinajstić information content (AvgIpc) is 2.18. The van der Waals surface area contributed by atoms with Gasteiger partial charge >= 0.3 is 0 Å². The third-order valence-electron chi connectivity index (χ3n) is 3.97. The van der Waals surface area contributed by atoms with Crippen LogP contribution >= 0.6 is 11.6 Å². The third kappa shape index (κ3) is 3.70. The molecule has 0 aromatic heterocycles. The predicted octanol–water partition coefficient (Wildman–Crippen LogP) is 4.60. The summed E-state index contributed by atoms with van der Waals surface area (Å²) in [7, 11) is 0. The maximum Gasteiger partial charge on any atom is 0.124 e. The number of hydrogen-bond acceptors (Lipinski definition) is 1. The fraction of sp³-hybridized carbons (Fsp3) is 0.625. The van der Waals surface area contributed by atoms with E-state index in [1.807, 2.05) is 0 Å². The molecule has 0 amide bonds. The molecule has 1 aliphatic rings. The summed E-state index contributed by atoms with van der Waals surface area (Å²) in [5, 5.41) is 11.3. The number of rotatable bonds is 2. The van der Waals surface area contributed by atoms with Crippen molar-refractivity contribution in [2.75, 3.05) is 0 Å². The Kier molecular flexibility index (Phi) is 3.95. The highest BCUT2D eigenvalue weighted by Crippen LogP contribution is 2.45. The standard InChI is InChI=1S/C16H22ClFO/c1-11-7-15(2,3)10-16(19,8-11)9-12-4-5-13(18)6-14(12)17/h4-6,11,19H,7-10H2,1-3H3. The number of benzene rings is 1. The van der Waals surface area contributed by atoms with E-state index in [4.69, 9.17) is 11.6 Å².